The van der Waals surface area contributed by atoms with Crippen LogP contribution in [0.1, 0.15) is 38.2 Å². The molecule has 2 rings (SSSR count). The first-order chi connectivity index (χ1) is 11.2. The second kappa shape index (κ2) is 11.3. The molecule has 5 nitrogen and oxygen atoms in total. The highest BCUT2D eigenvalue weighted by Gasteiger charge is 2.17. The molecule has 1 aliphatic rings. The molecule has 2 N–H and O–H groups in total. The summed E-state index contributed by atoms with van der Waals surface area (Å²) in [5.74, 6) is 0.812. The normalized spacial score (nSPS) is 14.8. The zero-order valence-corrected chi connectivity index (χ0v) is 17.0. The van der Waals surface area contributed by atoms with Gasteiger partial charge in [0.2, 0.25) is 5.91 Å². The van der Waals surface area contributed by atoms with Crippen molar-refractivity contribution in [1.82, 2.24) is 15.5 Å². The lowest BCUT2D eigenvalue weighted by Gasteiger charge is -2.22. The summed E-state index contributed by atoms with van der Waals surface area (Å²) < 4.78 is 0. The Labute approximate surface area is 162 Å². The first-order valence-electron chi connectivity index (χ1n) is 8.51. The summed E-state index contributed by atoms with van der Waals surface area (Å²) in [4.78, 5) is 18.5. The van der Waals surface area contributed by atoms with Gasteiger partial charge in [-0.25, -0.2) is 0 Å². The third-order valence-electron chi connectivity index (χ3n) is 4.28. The minimum Gasteiger partial charge on any atom is -0.354 e. The van der Waals surface area contributed by atoms with Crippen LogP contribution in [0.4, 0.5) is 0 Å². The SMILES string of the molecule is CCN(Cc1ccccc1)C(=O)CNC(=NC)NC1CCCC1.I. The Bertz CT molecular complexity index is 515. The summed E-state index contributed by atoms with van der Waals surface area (Å²) in [6.45, 7) is 3.62. The number of carbonyl (C=O) groups excluding carboxylic acids is 1. The van der Waals surface area contributed by atoms with E-state index in [1.807, 2.05) is 42.2 Å². The molecular weight excluding hydrogens is 415 g/mol. The van der Waals surface area contributed by atoms with Crippen molar-refractivity contribution >= 4 is 35.8 Å². The quantitative estimate of drug-likeness (QED) is 0.403. The minimum atomic E-state index is 0. The van der Waals surface area contributed by atoms with Crippen LogP contribution >= 0.6 is 24.0 Å². The van der Waals surface area contributed by atoms with Gasteiger partial charge in [0.05, 0.1) is 6.54 Å². The van der Waals surface area contributed by atoms with Crippen molar-refractivity contribution in [1.29, 1.82) is 0 Å². The third kappa shape index (κ3) is 6.67. The smallest absolute Gasteiger partial charge is 0.242 e. The number of guanidine groups is 1. The summed E-state index contributed by atoms with van der Waals surface area (Å²) in [5.41, 5.74) is 1.15. The Balaban J connectivity index is 0.00000288. The number of amides is 1. The maximum Gasteiger partial charge on any atom is 0.242 e. The predicted molar refractivity (Wildman–Crippen MR) is 110 cm³/mol. The van der Waals surface area contributed by atoms with Gasteiger partial charge < -0.3 is 15.5 Å². The monoisotopic (exact) mass is 444 g/mol. The van der Waals surface area contributed by atoms with Gasteiger partial charge >= 0.3 is 0 Å². The summed E-state index contributed by atoms with van der Waals surface area (Å²) >= 11 is 0. The van der Waals surface area contributed by atoms with Crippen LogP contribution in [0.5, 0.6) is 0 Å². The van der Waals surface area contributed by atoms with E-state index in [0.717, 1.165) is 11.5 Å². The van der Waals surface area contributed by atoms with Crippen molar-refractivity contribution in [3.63, 3.8) is 0 Å². The van der Waals surface area contributed by atoms with Gasteiger partial charge in [-0.3, -0.25) is 9.79 Å². The Morgan fingerprint density at radius 2 is 1.92 bits per heavy atom. The van der Waals surface area contributed by atoms with Crippen LogP contribution in [-0.4, -0.2) is 42.9 Å². The number of aliphatic imine (C=N–C) groups is 1. The van der Waals surface area contributed by atoms with Gasteiger partial charge in [0.1, 0.15) is 0 Å². The highest BCUT2D eigenvalue weighted by molar-refractivity contribution is 14.0. The van der Waals surface area contributed by atoms with E-state index in [1.165, 1.54) is 25.7 Å². The number of benzene rings is 1. The van der Waals surface area contributed by atoms with Crippen LogP contribution in [0.25, 0.3) is 0 Å². The van der Waals surface area contributed by atoms with E-state index in [9.17, 15) is 4.79 Å². The van der Waals surface area contributed by atoms with Gasteiger partial charge in [-0.05, 0) is 25.3 Å². The minimum absolute atomic E-state index is 0. The Hall–Kier alpha value is -1.31. The van der Waals surface area contributed by atoms with Gasteiger partial charge in [-0.15, -0.1) is 24.0 Å². The molecule has 1 fully saturated rings. The number of hydrogen-bond donors (Lipinski definition) is 2. The van der Waals surface area contributed by atoms with Crippen molar-refractivity contribution in [3.8, 4) is 0 Å². The molecule has 0 bridgehead atoms. The van der Waals surface area contributed by atoms with E-state index in [4.69, 9.17) is 0 Å². The van der Waals surface area contributed by atoms with E-state index in [1.54, 1.807) is 7.05 Å². The van der Waals surface area contributed by atoms with E-state index in [-0.39, 0.29) is 36.4 Å². The molecule has 1 aromatic rings. The number of rotatable bonds is 6. The second-order valence-corrected chi connectivity index (χ2v) is 5.94. The van der Waals surface area contributed by atoms with Crippen molar-refractivity contribution in [2.75, 3.05) is 20.1 Å². The summed E-state index contributed by atoms with van der Waals surface area (Å²) in [6.07, 6.45) is 4.91. The van der Waals surface area contributed by atoms with Crippen LogP contribution in [0.2, 0.25) is 0 Å². The Morgan fingerprint density at radius 1 is 1.25 bits per heavy atom. The van der Waals surface area contributed by atoms with Crippen molar-refractivity contribution in [2.24, 2.45) is 4.99 Å². The van der Waals surface area contributed by atoms with Crippen molar-refractivity contribution in [3.05, 3.63) is 35.9 Å². The maximum absolute atomic E-state index is 12.4. The predicted octanol–water partition coefficient (Wildman–Crippen LogP) is 2.76. The van der Waals surface area contributed by atoms with E-state index in [2.05, 4.69) is 15.6 Å². The lowest BCUT2D eigenvalue weighted by molar-refractivity contribution is -0.130. The van der Waals surface area contributed by atoms with Gasteiger partial charge in [0.25, 0.3) is 0 Å². The zero-order chi connectivity index (χ0) is 16.5. The number of carbonyl (C=O) groups is 1. The zero-order valence-electron chi connectivity index (χ0n) is 14.6. The number of halogens is 1. The standard InChI is InChI=1S/C18H28N4O.HI/c1-3-22(14-15-9-5-4-6-10-15)17(23)13-20-18(19-2)21-16-11-7-8-12-16;/h4-6,9-10,16H,3,7-8,11-14H2,1-2H3,(H2,19,20,21);1H. The van der Waals surface area contributed by atoms with E-state index >= 15 is 0 Å². The molecule has 1 aromatic carbocycles. The fraction of sp³-hybridized carbons (Fsp3) is 0.556. The summed E-state index contributed by atoms with van der Waals surface area (Å²) in [5, 5.41) is 6.54. The third-order valence-corrected chi connectivity index (χ3v) is 4.28. The maximum atomic E-state index is 12.4. The van der Waals surface area contributed by atoms with Crippen LogP contribution in [-0.2, 0) is 11.3 Å². The molecule has 0 saturated heterocycles. The molecular formula is C18H29IN4O. The largest absolute Gasteiger partial charge is 0.354 e. The number of nitrogens with one attached hydrogen (secondary N) is 2. The van der Waals surface area contributed by atoms with Gasteiger partial charge in [0.15, 0.2) is 5.96 Å². The fourth-order valence-electron chi connectivity index (χ4n) is 2.91. The highest BCUT2D eigenvalue weighted by atomic mass is 127. The van der Waals surface area contributed by atoms with Gasteiger partial charge in [0, 0.05) is 26.2 Å². The molecule has 1 aliphatic carbocycles. The molecule has 0 aromatic heterocycles. The molecule has 0 atom stereocenters. The molecule has 0 spiro atoms. The number of likely N-dealkylation sites (N-methyl/N-ethyl adjacent to an activating group) is 1. The first-order valence-corrected chi connectivity index (χ1v) is 8.51. The lowest BCUT2D eigenvalue weighted by atomic mass is 10.2. The summed E-state index contributed by atoms with van der Waals surface area (Å²) in [6, 6.07) is 10.6. The lowest BCUT2D eigenvalue weighted by Crippen LogP contribution is -2.46. The highest BCUT2D eigenvalue weighted by Crippen LogP contribution is 2.17. The van der Waals surface area contributed by atoms with Gasteiger partial charge in [-0.1, -0.05) is 43.2 Å². The average Bonchev–Trinajstić information content (AvgIpc) is 3.10. The number of hydrogen-bond acceptors (Lipinski definition) is 2. The molecule has 0 aliphatic heterocycles. The second-order valence-electron chi connectivity index (χ2n) is 5.94. The summed E-state index contributed by atoms with van der Waals surface area (Å²) in [7, 11) is 1.75. The van der Waals surface area contributed by atoms with E-state index < -0.39 is 0 Å². The Kier molecular flexibility index (Phi) is 9.75. The van der Waals surface area contributed by atoms with E-state index in [0.29, 0.717) is 19.1 Å². The van der Waals surface area contributed by atoms with Crippen LogP contribution in [0.15, 0.2) is 35.3 Å². The molecule has 134 valence electrons. The topological polar surface area (TPSA) is 56.7 Å². The van der Waals surface area contributed by atoms with Crippen molar-refractivity contribution in [2.45, 2.75) is 45.2 Å². The molecule has 1 saturated carbocycles. The molecule has 0 unspecified atom stereocenters. The molecule has 0 heterocycles. The van der Waals surface area contributed by atoms with Crippen LogP contribution in [0.3, 0.4) is 0 Å². The average molecular weight is 444 g/mol. The molecule has 6 heteroatoms. The molecule has 24 heavy (non-hydrogen) atoms. The molecule has 0 radical (unpaired) electrons. The fourth-order valence-corrected chi connectivity index (χ4v) is 2.91. The number of nitrogens with zero attached hydrogens (tertiary/aromatic N) is 2. The molecule has 1 amide bonds. The van der Waals surface area contributed by atoms with Gasteiger partial charge in [-0.2, -0.15) is 0 Å². The van der Waals surface area contributed by atoms with Crippen LogP contribution in [0, 0.1) is 0 Å². The first kappa shape index (κ1) is 20.7. The van der Waals surface area contributed by atoms with Crippen LogP contribution < -0.4 is 10.6 Å². The van der Waals surface area contributed by atoms with Crippen molar-refractivity contribution < 1.29 is 4.79 Å². The Morgan fingerprint density at radius 3 is 2.50 bits per heavy atom.